The molecule has 8 nitrogen and oxygen atoms in total. The average Bonchev–Trinajstić information content (AvgIpc) is 2.47. The standard InChI is InChI=1S/C9H9ClO4S.C6H15NO3/c1-6-4-7(10)2-3-8(6)15(13,14)5-9(11)12;8-4-1-7(2-5-9)3-6-10/h2-4H,5H2,1H3,(H,11,12);8-10H,1-6H2. The molecule has 0 aliphatic rings. The highest BCUT2D eigenvalue weighted by molar-refractivity contribution is 7.92. The zero-order chi connectivity index (χ0) is 19.5. The number of carboxylic acids is 1. The van der Waals surface area contributed by atoms with E-state index in [0.29, 0.717) is 30.2 Å². The van der Waals surface area contributed by atoms with E-state index in [4.69, 9.17) is 32.0 Å². The van der Waals surface area contributed by atoms with Crippen LogP contribution in [0, 0.1) is 6.92 Å². The van der Waals surface area contributed by atoms with Crippen molar-refractivity contribution >= 4 is 27.4 Å². The van der Waals surface area contributed by atoms with Gasteiger partial charge in [-0.15, -0.1) is 0 Å². The quantitative estimate of drug-likeness (QED) is 0.448. The predicted octanol–water partition coefficient (Wildman–Crippen LogP) is -0.228. The number of nitrogens with zero attached hydrogens (tertiary/aromatic N) is 1. The molecule has 4 N–H and O–H groups in total. The molecular formula is C15H24ClNO7S. The number of benzene rings is 1. The van der Waals surface area contributed by atoms with Crippen LogP contribution >= 0.6 is 11.6 Å². The topological polar surface area (TPSA) is 135 Å². The summed E-state index contributed by atoms with van der Waals surface area (Å²) in [5.41, 5.74) is 0.448. The number of carboxylic acid groups (broad SMARTS) is 1. The first-order valence-corrected chi connectivity index (χ1v) is 9.46. The third-order valence-electron chi connectivity index (χ3n) is 3.03. The van der Waals surface area contributed by atoms with Crippen LogP contribution < -0.4 is 0 Å². The normalized spacial score (nSPS) is 11.1. The summed E-state index contributed by atoms with van der Waals surface area (Å²) in [7, 11) is -3.77. The molecule has 0 heterocycles. The van der Waals surface area contributed by atoms with E-state index in [-0.39, 0.29) is 24.7 Å². The monoisotopic (exact) mass is 397 g/mol. The molecule has 0 aromatic heterocycles. The lowest BCUT2D eigenvalue weighted by molar-refractivity contribution is -0.134. The van der Waals surface area contributed by atoms with Crippen molar-refractivity contribution in [3.63, 3.8) is 0 Å². The highest BCUT2D eigenvalue weighted by Gasteiger charge is 2.20. The number of carbonyl (C=O) groups is 1. The molecule has 144 valence electrons. The van der Waals surface area contributed by atoms with Gasteiger partial charge in [-0.1, -0.05) is 11.6 Å². The molecular weight excluding hydrogens is 374 g/mol. The molecule has 0 spiro atoms. The van der Waals surface area contributed by atoms with Gasteiger partial charge in [-0.25, -0.2) is 8.42 Å². The van der Waals surface area contributed by atoms with Crippen molar-refractivity contribution < 1.29 is 33.6 Å². The zero-order valence-corrected chi connectivity index (χ0v) is 15.5. The van der Waals surface area contributed by atoms with Gasteiger partial charge < -0.3 is 20.4 Å². The molecule has 1 rings (SSSR count). The summed E-state index contributed by atoms with van der Waals surface area (Å²) >= 11 is 5.66. The van der Waals surface area contributed by atoms with Gasteiger partial charge >= 0.3 is 5.97 Å². The van der Waals surface area contributed by atoms with Crippen LogP contribution in [0.4, 0.5) is 0 Å². The van der Waals surface area contributed by atoms with Gasteiger partial charge in [0.1, 0.15) is 0 Å². The van der Waals surface area contributed by atoms with Crippen LogP contribution in [-0.4, -0.2) is 84.9 Å². The molecule has 0 atom stereocenters. The van der Waals surface area contributed by atoms with E-state index in [1.54, 1.807) is 11.8 Å². The van der Waals surface area contributed by atoms with Crippen molar-refractivity contribution in [1.82, 2.24) is 4.90 Å². The molecule has 25 heavy (non-hydrogen) atoms. The van der Waals surface area contributed by atoms with Gasteiger partial charge in [0.05, 0.1) is 24.7 Å². The molecule has 0 unspecified atom stereocenters. The molecule has 0 aliphatic heterocycles. The van der Waals surface area contributed by atoms with Crippen LogP contribution in [-0.2, 0) is 14.6 Å². The lowest BCUT2D eigenvalue weighted by atomic mass is 10.2. The van der Waals surface area contributed by atoms with E-state index < -0.39 is 21.6 Å². The van der Waals surface area contributed by atoms with E-state index in [1.807, 2.05) is 0 Å². The number of hydrogen-bond acceptors (Lipinski definition) is 7. The number of aliphatic hydroxyl groups excluding tert-OH is 3. The molecule has 10 heteroatoms. The Morgan fingerprint density at radius 3 is 1.92 bits per heavy atom. The Morgan fingerprint density at radius 2 is 1.56 bits per heavy atom. The third kappa shape index (κ3) is 9.73. The van der Waals surface area contributed by atoms with Gasteiger partial charge in [-0.2, -0.15) is 0 Å². The second-order valence-corrected chi connectivity index (χ2v) is 7.47. The maximum absolute atomic E-state index is 11.6. The Labute approximate surface area is 152 Å². The minimum Gasteiger partial charge on any atom is -0.480 e. The van der Waals surface area contributed by atoms with E-state index >= 15 is 0 Å². The van der Waals surface area contributed by atoms with Gasteiger partial charge in [0.25, 0.3) is 0 Å². The number of rotatable bonds is 9. The van der Waals surface area contributed by atoms with Crippen LogP contribution in [0.2, 0.25) is 5.02 Å². The van der Waals surface area contributed by atoms with E-state index in [9.17, 15) is 13.2 Å². The minimum absolute atomic E-state index is 0.00861. The van der Waals surface area contributed by atoms with Gasteiger partial charge in [-0.3, -0.25) is 9.69 Å². The molecule has 0 amide bonds. The molecule has 0 fully saturated rings. The van der Waals surface area contributed by atoms with Crippen LogP contribution in [0.25, 0.3) is 0 Å². The summed E-state index contributed by atoms with van der Waals surface area (Å²) < 4.78 is 23.1. The minimum atomic E-state index is -3.77. The first-order valence-electron chi connectivity index (χ1n) is 7.43. The Bertz CT molecular complexity index is 623. The van der Waals surface area contributed by atoms with Gasteiger partial charge in [-0.05, 0) is 30.7 Å². The fraction of sp³-hybridized carbons (Fsp3) is 0.533. The van der Waals surface area contributed by atoms with E-state index in [0.717, 1.165) is 0 Å². The van der Waals surface area contributed by atoms with Crippen LogP contribution in [0.1, 0.15) is 5.56 Å². The molecule has 1 aromatic rings. The van der Waals surface area contributed by atoms with Crippen LogP contribution in [0.15, 0.2) is 23.1 Å². The Morgan fingerprint density at radius 1 is 1.08 bits per heavy atom. The van der Waals surface area contributed by atoms with Crippen LogP contribution in [0.5, 0.6) is 0 Å². The van der Waals surface area contributed by atoms with E-state index in [1.165, 1.54) is 18.2 Å². The van der Waals surface area contributed by atoms with E-state index in [2.05, 4.69) is 0 Å². The molecule has 1 aromatic carbocycles. The molecule has 0 bridgehead atoms. The largest absolute Gasteiger partial charge is 0.480 e. The van der Waals surface area contributed by atoms with Gasteiger partial charge in [0.15, 0.2) is 15.6 Å². The van der Waals surface area contributed by atoms with Crippen molar-refractivity contribution in [2.45, 2.75) is 11.8 Å². The number of aliphatic hydroxyl groups is 3. The first-order chi connectivity index (χ1) is 11.7. The Hall–Kier alpha value is -1.23. The second kappa shape index (κ2) is 12.2. The highest BCUT2D eigenvalue weighted by atomic mass is 35.5. The molecule has 0 radical (unpaired) electrons. The Balaban J connectivity index is 0.000000504. The maximum Gasteiger partial charge on any atom is 0.319 e. The summed E-state index contributed by atoms with van der Waals surface area (Å²) in [4.78, 5) is 12.2. The van der Waals surface area contributed by atoms with Crippen molar-refractivity contribution in [2.75, 3.05) is 45.2 Å². The lowest BCUT2D eigenvalue weighted by Gasteiger charge is -2.17. The smallest absolute Gasteiger partial charge is 0.319 e. The summed E-state index contributed by atoms with van der Waals surface area (Å²) in [5.74, 6) is -2.28. The Kier molecular flexibility index (Phi) is 11.6. The fourth-order valence-corrected chi connectivity index (χ4v) is 3.49. The number of aliphatic carboxylic acids is 1. The van der Waals surface area contributed by atoms with Crippen molar-refractivity contribution in [3.05, 3.63) is 28.8 Å². The van der Waals surface area contributed by atoms with Gasteiger partial charge in [0.2, 0.25) is 0 Å². The molecule has 0 aliphatic carbocycles. The highest BCUT2D eigenvalue weighted by Crippen LogP contribution is 2.20. The average molecular weight is 398 g/mol. The van der Waals surface area contributed by atoms with Crippen LogP contribution in [0.3, 0.4) is 0 Å². The van der Waals surface area contributed by atoms with Crippen molar-refractivity contribution in [2.24, 2.45) is 0 Å². The summed E-state index contributed by atoms with van der Waals surface area (Å²) in [6, 6.07) is 4.22. The fourth-order valence-electron chi connectivity index (χ4n) is 1.96. The first kappa shape index (κ1) is 23.8. The summed E-state index contributed by atoms with van der Waals surface area (Å²) in [6.45, 7) is 3.32. The van der Waals surface area contributed by atoms with Crippen molar-refractivity contribution in [3.8, 4) is 0 Å². The molecule has 0 saturated heterocycles. The lowest BCUT2D eigenvalue weighted by Crippen LogP contribution is -2.32. The summed E-state index contributed by atoms with van der Waals surface area (Å²) in [5, 5.41) is 34.3. The summed E-state index contributed by atoms with van der Waals surface area (Å²) in [6.07, 6.45) is 0. The number of sulfone groups is 1. The van der Waals surface area contributed by atoms with Gasteiger partial charge in [0, 0.05) is 24.7 Å². The predicted molar refractivity (Wildman–Crippen MR) is 93.6 cm³/mol. The molecule has 0 saturated carbocycles. The number of halogens is 1. The SMILES string of the molecule is Cc1cc(Cl)ccc1S(=O)(=O)CC(=O)O.OCCN(CCO)CCO. The second-order valence-electron chi connectivity index (χ2n) is 5.08. The maximum atomic E-state index is 11.6. The van der Waals surface area contributed by atoms with Crippen molar-refractivity contribution in [1.29, 1.82) is 0 Å². The zero-order valence-electron chi connectivity index (χ0n) is 13.9. The third-order valence-corrected chi connectivity index (χ3v) is 5.02. The number of hydrogen-bond donors (Lipinski definition) is 4. The number of aryl methyl sites for hydroxylation is 1.